The molecule has 7 nitrogen and oxygen atoms in total. The van der Waals surface area contributed by atoms with Crippen LogP contribution in [0.5, 0.6) is 0 Å². The monoisotopic (exact) mass is 379 g/mol. The standard InChI is InChI=1S/C18H22ClN3O4/c1-21(11-17(23)24)9-16-10-22(6-7-25-16)8-15-12-26-18(20-15)13-2-4-14(19)5-3-13/h2-5,12,16H,6-11H2,1H3,(H,23,24). The van der Waals surface area contributed by atoms with E-state index in [1.54, 1.807) is 30.3 Å². The first-order valence-corrected chi connectivity index (χ1v) is 8.82. The molecule has 1 fully saturated rings. The van der Waals surface area contributed by atoms with Gasteiger partial charge in [0.15, 0.2) is 0 Å². The Labute approximate surface area is 157 Å². The molecule has 0 radical (unpaired) electrons. The number of morpholine rings is 1. The van der Waals surface area contributed by atoms with Crippen molar-refractivity contribution >= 4 is 17.6 Å². The molecule has 0 aliphatic carbocycles. The number of ether oxygens (including phenoxy) is 1. The van der Waals surface area contributed by atoms with Gasteiger partial charge in [0.25, 0.3) is 0 Å². The van der Waals surface area contributed by atoms with E-state index in [0.717, 1.165) is 24.3 Å². The number of hydrogen-bond acceptors (Lipinski definition) is 6. The van der Waals surface area contributed by atoms with Crippen LogP contribution in [0.25, 0.3) is 11.5 Å². The third kappa shape index (κ3) is 5.28. The molecule has 8 heteroatoms. The van der Waals surface area contributed by atoms with Gasteiger partial charge in [-0.05, 0) is 31.3 Å². The summed E-state index contributed by atoms with van der Waals surface area (Å²) in [7, 11) is 1.78. The summed E-state index contributed by atoms with van der Waals surface area (Å²) in [6.07, 6.45) is 1.65. The number of nitrogens with zero attached hydrogens (tertiary/aromatic N) is 3. The minimum Gasteiger partial charge on any atom is -0.480 e. The van der Waals surface area contributed by atoms with E-state index in [9.17, 15) is 4.79 Å². The average Bonchev–Trinajstić information content (AvgIpc) is 3.03. The molecule has 1 saturated heterocycles. The SMILES string of the molecule is CN(CC(=O)O)CC1CN(Cc2coc(-c3ccc(Cl)cc3)n2)CCO1. The normalized spacial score (nSPS) is 18.3. The van der Waals surface area contributed by atoms with Crippen molar-refractivity contribution in [1.29, 1.82) is 0 Å². The fourth-order valence-corrected chi connectivity index (χ4v) is 3.14. The first-order chi connectivity index (χ1) is 12.5. The largest absolute Gasteiger partial charge is 0.480 e. The maximum atomic E-state index is 10.8. The molecule has 2 aromatic rings. The Hall–Kier alpha value is -1.93. The van der Waals surface area contributed by atoms with Crippen molar-refractivity contribution < 1.29 is 19.1 Å². The molecule has 0 spiro atoms. The molecule has 26 heavy (non-hydrogen) atoms. The van der Waals surface area contributed by atoms with Gasteiger partial charge in [0.2, 0.25) is 5.89 Å². The molecular formula is C18H22ClN3O4. The van der Waals surface area contributed by atoms with Crippen LogP contribution in [0.4, 0.5) is 0 Å². The summed E-state index contributed by atoms with van der Waals surface area (Å²) in [6, 6.07) is 7.36. The summed E-state index contributed by atoms with van der Waals surface area (Å²) in [5.41, 5.74) is 1.74. The quantitative estimate of drug-likeness (QED) is 0.790. The Kier molecular flexibility index (Phi) is 6.26. The molecule has 1 aromatic heterocycles. The lowest BCUT2D eigenvalue weighted by Crippen LogP contribution is -2.47. The van der Waals surface area contributed by atoms with Crippen LogP contribution in [-0.2, 0) is 16.1 Å². The van der Waals surface area contributed by atoms with Crippen molar-refractivity contribution in [1.82, 2.24) is 14.8 Å². The van der Waals surface area contributed by atoms with Crippen LogP contribution in [-0.4, -0.2) is 71.8 Å². The second-order valence-electron chi connectivity index (χ2n) is 6.47. The van der Waals surface area contributed by atoms with E-state index < -0.39 is 5.97 Å². The van der Waals surface area contributed by atoms with Crippen molar-refractivity contribution in [2.24, 2.45) is 0 Å². The van der Waals surface area contributed by atoms with Crippen LogP contribution in [0.1, 0.15) is 5.69 Å². The summed E-state index contributed by atoms with van der Waals surface area (Å²) in [5, 5.41) is 9.53. The third-order valence-electron chi connectivity index (χ3n) is 4.17. The summed E-state index contributed by atoms with van der Waals surface area (Å²) in [5.74, 6) is -0.264. The lowest BCUT2D eigenvalue weighted by Gasteiger charge is -2.34. The summed E-state index contributed by atoms with van der Waals surface area (Å²) in [6.45, 7) is 3.41. The molecule has 140 valence electrons. The first-order valence-electron chi connectivity index (χ1n) is 8.44. The fourth-order valence-electron chi connectivity index (χ4n) is 3.01. The van der Waals surface area contributed by atoms with Crippen molar-refractivity contribution in [2.45, 2.75) is 12.6 Å². The number of likely N-dealkylation sites (N-methyl/N-ethyl adjacent to an activating group) is 1. The first kappa shape index (κ1) is 18.8. The maximum Gasteiger partial charge on any atom is 0.317 e. The molecule has 1 aromatic carbocycles. The summed E-state index contributed by atoms with van der Waals surface area (Å²) >= 11 is 5.91. The number of carboxylic acid groups (broad SMARTS) is 1. The van der Waals surface area contributed by atoms with E-state index in [1.165, 1.54) is 0 Å². The fraction of sp³-hybridized carbons (Fsp3) is 0.444. The van der Waals surface area contributed by atoms with Gasteiger partial charge in [-0.25, -0.2) is 4.98 Å². The lowest BCUT2D eigenvalue weighted by atomic mass is 10.2. The van der Waals surface area contributed by atoms with E-state index in [4.69, 9.17) is 25.9 Å². The number of benzene rings is 1. The molecule has 0 amide bonds. The highest BCUT2D eigenvalue weighted by Gasteiger charge is 2.23. The number of rotatable bonds is 7. The molecule has 2 heterocycles. The Balaban J connectivity index is 1.55. The minimum atomic E-state index is -0.836. The summed E-state index contributed by atoms with van der Waals surface area (Å²) in [4.78, 5) is 19.3. The van der Waals surface area contributed by atoms with Crippen LogP contribution in [0.15, 0.2) is 34.9 Å². The predicted octanol–water partition coefficient (Wildman–Crippen LogP) is 2.21. The smallest absolute Gasteiger partial charge is 0.317 e. The molecule has 1 N–H and O–H groups in total. The van der Waals surface area contributed by atoms with Gasteiger partial charge in [0.1, 0.15) is 6.26 Å². The number of aliphatic carboxylic acids is 1. The van der Waals surface area contributed by atoms with Crippen LogP contribution in [0.3, 0.4) is 0 Å². The van der Waals surface area contributed by atoms with Gasteiger partial charge < -0.3 is 14.3 Å². The van der Waals surface area contributed by atoms with Crippen LogP contribution < -0.4 is 0 Å². The number of carbonyl (C=O) groups is 1. The predicted molar refractivity (Wildman–Crippen MR) is 97.1 cm³/mol. The number of halogens is 1. The highest BCUT2D eigenvalue weighted by molar-refractivity contribution is 6.30. The highest BCUT2D eigenvalue weighted by atomic mass is 35.5. The topological polar surface area (TPSA) is 79.0 Å². The molecule has 1 aliphatic heterocycles. The zero-order chi connectivity index (χ0) is 18.5. The average molecular weight is 380 g/mol. The maximum absolute atomic E-state index is 10.8. The molecule has 1 unspecified atom stereocenters. The van der Waals surface area contributed by atoms with Gasteiger partial charge >= 0.3 is 5.97 Å². The van der Waals surface area contributed by atoms with Gasteiger partial charge in [0, 0.05) is 36.8 Å². The van der Waals surface area contributed by atoms with Gasteiger partial charge in [-0.3, -0.25) is 14.6 Å². The number of carboxylic acids is 1. The second-order valence-corrected chi connectivity index (χ2v) is 6.91. The van der Waals surface area contributed by atoms with Crippen LogP contribution >= 0.6 is 11.6 Å². The zero-order valence-corrected chi connectivity index (χ0v) is 15.4. The number of aromatic nitrogens is 1. The molecule has 1 atom stereocenters. The third-order valence-corrected chi connectivity index (χ3v) is 4.42. The van der Waals surface area contributed by atoms with Crippen molar-refractivity contribution in [3.05, 3.63) is 41.2 Å². The van der Waals surface area contributed by atoms with E-state index in [1.807, 2.05) is 12.1 Å². The zero-order valence-electron chi connectivity index (χ0n) is 14.6. The van der Waals surface area contributed by atoms with E-state index in [2.05, 4.69) is 9.88 Å². The molecule has 1 aliphatic rings. The number of hydrogen-bond donors (Lipinski definition) is 1. The van der Waals surface area contributed by atoms with Crippen molar-refractivity contribution in [3.8, 4) is 11.5 Å². The lowest BCUT2D eigenvalue weighted by molar-refractivity contribution is -0.138. The minimum absolute atomic E-state index is 0.00754. The molecule has 0 bridgehead atoms. The van der Waals surface area contributed by atoms with Gasteiger partial charge in [-0.15, -0.1) is 0 Å². The Bertz CT molecular complexity index is 734. The Morgan fingerprint density at radius 1 is 1.42 bits per heavy atom. The van der Waals surface area contributed by atoms with Gasteiger partial charge in [-0.1, -0.05) is 11.6 Å². The summed E-state index contributed by atoms with van der Waals surface area (Å²) < 4.78 is 11.3. The molecule has 0 saturated carbocycles. The number of oxazole rings is 1. The van der Waals surface area contributed by atoms with E-state index >= 15 is 0 Å². The van der Waals surface area contributed by atoms with Crippen LogP contribution in [0.2, 0.25) is 5.02 Å². The highest BCUT2D eigenvalue weighted by Crippen LogP contribution is 2.21. The Morgan fingerprint density at radius 2 is 2.19 bits per heavy atom. The molecule has 3 rings (SSSR count). The van der Waals surface area contributed by atoms with Crippen LogP contribution in [0, 0.1) is 0 Å². The van der Waals surface area contributed by atoms with Crippen molar-refractivity contribution in [3.63, 3.8) is 0 Å². The van der Waals surface area contributed by atoms with Gasteiger partial charge in [-0.2, -0.15) is 0 Å². The van der Waals surface area contributed by atoms with E-state index in [-0.39, 0.29) is 12.6 Å². The van der Waals surface area contributed by atoms with E-state index in [0.29, 0.717) is 30.6 Å². The molecular weight excluding hydrogens is 358 g/mol. The van der Waals surface area contributed by atoms with Crippen molar-refractivity contribution in [2.75, 3.05) is 39.8 Å². The van der Waals surface area contributed by atoms with Gasteiger partial charge in [0.05, 0.1) is 24.9 Å². The Morgan fingerprint density at radius 3 is 2.92 bits per heavy atom. The second kappa shape index (κ2) is 8.64.